The SMILES string of the molecule is CCNC(=NCCCCSC)NCCc1ccc(NC(=O)OC(C)(C)C)cc1. The van der Waals surface area contributed by atoms with E-state index in [2.05, 4.69) is 34.1 Å². The molecule has 1 rings (SSSR count). The summed E-state index contributed by atoms with van der Waals surface area (Å²) in [5.41, 5.74) is 1.42. The molecule has 28 heavy (non-hydrogen) atoms. The zero-order valence-electron chi connectivity index (χ0n) is 17.9. The molecule has 0 saturated heterocycles. The molecular weight excluding hydrogens is 372 g/mol. The molecular formula is C21H36N4O2S. The molecule has 0 aliphatic rings. The van der Waals surface area contributed by atoms with Crippen LogP contribution in [0.15, 0.2) is 29.3 Å². The van der Waals surface area contributed by atoms with Gasteiger partial charge >= 0.3 is 6.09 Å². The highest BCUT2D eigenvalue weighted by Crippen LogP contribution is 2.13. The quantitative estimate of drug-likeness (QED) is 0.306. The van der Waals surface area contributed by atoms with Crippen LogP contribution in [0.3, 0.4) is 0 Å². The Bertz CT molecular complexity index is 597. The van der Waals surface area contributed by atoms with Crippen LogP contribution in [-0.4, -0.2) is 49.3 Å². The average molecular weight is 409 g/mol. The Morgan fingerprint density at radius 3 is 2.46 bits per heavy atom. The minimum absolute atomic E-state index is 0.439. The van der Waals surface area contributed by atoms with Gasteiger partial charge in [-0.3, -0.25) is 10.3 Å². The van der Waals surface area contributed by atoms with Gasteiger partial charge in [-0.05, 0) is 76.7 Å². The molecule has 0 aliphatic heterocycles. The number of unbranched alkanes of at least 4 members (excludes halogenated alkanes) is 1. The number of nitrogens with zero attached hydrogens (tertiary/aromatic N) is 1. The first kappa shape index (κ1) is 24.1. The van der Waals surface area contributed by atoms with Crippen LogP contribution in [0.4, 0.5) is 10.5 Å². The summed E-state index contributed by atoms with van der Waals surface area (Å²) in [4.78, 5) is 16.4. The van der Waals surface area contributed by atoms with Crippen molar-refractivity contribution in [3.8, 4) is 0 Å². The third-order valence-corrected chi connectivity index (χ3v) is 4.37. The topological polar surface area (TPSA) is 74.8 Å². The summed E-state index contributed by atoms with van der Waals surface area (Å²) in [6.07, 6.45) is 4.89. The average Bonchev–Trinajstić information content (AvgIpc) is 2.61. The summed E-state index contributed by atoms with van der Waals surface area (Å²) < 4.78 is 5.26. The summed E-state index contributed by atoms with van der Waals surface area (Å²) >= 11 is 1.88. The Kier molecular flexibility index (Phi) is 11.5. The fraction of sp³-hybridized carbons (Fsp3) is 0.619. The standard InChI is InChI=1S/C21H36N4O2S/c1-6-22-19(23-14-7-8-16-28-5)24-15-13-17-9-11-18(12-10-17)25-20(26)27-21(2,3)4/h9-12H,6-8,13-16H2,1-5H3,(H,25,26)(H2,22,23,24). The van der Waals surface area contributed by atoms with Gasteiger partial charge in [-0.25, -0.2) is 4.79 Å². The van der Waals surface area contributed by atoms with Gasteiger partial charge in [0.15, 0.2) is 5.96 Å². The van der Waals surface area contributed by atoms with Gasteiger partial charge in [0.05, 0.1) is 0 Å². The number of amides is 1. The van der Waals surface area contributed by atoms with Gasteiger partial charge < -0.3 is 15.4 Å². The van der Waals surface area contributed by atoms with Crippen molar-refractivity contribution >= 4 is 29.5 Å². The van der Waals surface area contributed by atoms with Gasteiger partial charge in [-0.1, -0.05) is 12.1 Å². The van der Waals surface area contributed by atoms with Crippen molar-refractivity contribution in [2.24, 2.45) is 4.99 Å². The van der Waals surface area contributed by atoms with E-state index in [0.717, 1.165) is 44.1 Å². The molecule has 0 spiro atoms. The summed E-state index contributed by atoms with van der Waals surface area (Å²) in [5, 5.41) is 9.40. The second kappa shape index (κ2) is 13.3. The molecule has 1 aromatic rings. The van der Waals surface area contributed by atoms with Crippen LogP contribution in [-0.2, 0) is 11.2 Å². The molecule has 7 heteroatoms. The Balaban J connectivity index is 2.40. The lowest BCUT2D eigenvalue weighted by Gasteiger charge is -2.19. The normalized spacial score (nSPS) is 11.8. The number of aliphatic imine (C=N–C) groups is 1. The van der Waals surface area contributed by atoms with Crippen LogP contribution < -0.4 is 16.0 Å². The molecule has 0 atom stereocenters. The number of thioether (sulfide) groups is 1. The second-order valence-electron chi connectivity index (χ2n) is 7.46. The lowest BCUT2D eigenvalue weighted by atomic mass is 10.1. The number of carbonyl (C=O) groups excluding carboxylic acids is 1. The van der Waals surface area contributed by atoms with Crippen molar-refractivity contribution in [2.75, 3.05) is 37.0 Å². The van der Waals surface area contributed by atoms with Crippen molar-refractivity contribution in [1.82, 2.24) is 10.6 Å². The van der Waals surface area contributed by atoms with E-state index in [-0.39, 0.29) is 0 Å². The summed E-state index contributed by atoms with van der Waals surface area (Å²) in [7, 11) is 0. The number of carbonyl (C=O) groups is 1. The van der Waals surface area contributed by atoms with Crippen LogP contribution in [0.1, 0.15) is 46.1 Å². The zero-order valence-corrected chi connectivity index (χ0v) is 18.7. The molecule has 0 radical (unpaired) electrons. The largest absolute Gasteiger partial charge is 0.444 e. The maximum absolute atomic E-state index is 11.8. The smallest absolute Gasteiger partial charge is 0.412 e. The lowest BCUT2D eigenvalue weighted by molar-refractivity contribution is 0.0636. The number of nitrogens with one attached hydrogen (secondary N) is 3. The van der Waals surface area contributed by atoms with E-state index in [9.17, 15) is 4.79 Å². The van der Waals surface area contributed by atoms with Crippen LogP contribution in [0.25, 0.3) is 0 Å². The molecule has 0 unspecified atom stereocenters. The second-order valence-corrected chi connectivity index (χ2v) is 8.45. The van der Waals surface area contributed by atoms with Gasteiger partial charge in [0.2, 0.25) is 0 Å². The van der Waals surface area contributed by atoms with Crippen molar-refractivity contribution in [3.63, 3.8) is 0 Å². The monoisotopic (exact) mass is 408 g/mol. The van der Waals surface area contributed by atoms with E-state index in [1.165, 1.54) is 17.7 Å². The number of hydrogen-bond acceptors (Lipinski definition) is 4. The summed E-state index contributed by atoms with van der Waals surface area (Å²) in [6, 6.07) is 7.82. The summed E-state index contributed by atoms with van der Waals surface area (Å²) in [5.74, 6) is 2.06. The third-order valence-electron chi connectivity index (χ3n) is 3.68. The van der Waals surface area contributed by atoms with Crippen LogP contribution in [0.2, 0.25) is 0 Å². The number of benzene rings is 1. The summed E-state index contributed by atoms with van der Waals surface area (Å²) in [6.45, 7) is 10.1. The fourth-order valence-electron chi connectivity index (χ4n) is 2.39. The molecule has 3 N–H and O–H groups in total. The highest BCUT2D eigenvalue weighted by Gasteiger charge is 2.16. The molecule has 1 amide bonds. The maximum Gasteiger partial charge on any atom is 0.412 e. The number of hydrogen-bond donors (Lipinski definition) is 3. The maximum atomic E-state index is 11.8. The van der Waals surface area contributed by atoms with E-state index < -0.39 is 11.7 Å². The van der Waals surface area contributed by atoms with Crippen molar-refractivity contribution in [1.29, 1.82) is 0 Å². The van der Waals surface area contributed by atoms with Crippen molar-refractivity contribution < 1.29 is 9.53 Å². The van der Waals surface area contributed by atoms with E-state index in [1.54, 1.807) is 0 Å². The first-order valence-corrected chi connectivity index (χ1v) is 11.3. The predicted molar refractivity (Wildman–Crippen MR) is 122 cm³/mol. The first-order valence-electron chi connectivity index (χ1n) is 9.94. The Morgan fingerprint density at radius 1 is 1.14 bits per heavy atom. The first-order chi connectivity index (χ1) is 13.3. The van der Waals surface area contributed by atoms with Crippen LogP contribution in [0.5, 0.6) is 0 Å². The number of ether oxygens (including phenoxy) is 1. The Hall–Kier alpha value is -1.89. The van der Waals surface area contributed by atoms with E-state index >= 15 is 0 Å². The van der Waals surface area contributed by atoms with E-state index in [1.807, 2.05) is 56.8 Å². The molecule has 0 aliphatic carbocycles. The third kappa shape index (κ3) is 11.7. The van der Waals surface area contributed by atoms with Gasteiger partial charge in [0.1, 0.15) is 5.60 Å². The molecule has 158 valence electrons. The van der Waals surface area contributed by atoms with Crippen LogP contribution in [0, 0.1) is 0 Å². The molecule has 1 aromatic carbocycles. The van der Waals surface area contributed by atoms with Gasteiger partial charge in [0, 0.05) is 25.3 Å². The molecule has 0 saturated carbocycles. The molecule has 6 nitrogen and oxygen atoms in total. The van der Waals surface area contributed by atoms with Gasteiger partial charge in [-0.2, -0.15) is 11.8 Å². The Labute approximate surface area is 174 Å². The van der Waals surface area contributed by atoms with Gasteiger partial charge in [0.25, 0.3) is 0 Å². The van der Waals surface area contributed by atoms with E-state index in [4.69, 9.17) is 4.74 Å². The predicted octanol–water partition coefficient (Wildman–Crippen LogP) is 4.27. The van der Waals surface area contributed by atoms with Crippen molar-refractivity contribution in [3.05, 3.63) is 29.8 Å². The van der Waals surface area contributed by atoms with Crippen molar-refractivity contribution in [2.45, 2.75) is 52.6 Å². The minimum atomic E-state index is -0.504. The zero-order chi connectivity index (χ0) is 20.8. The fourth-order valence-corrected chi connectivity index (χ4v) is 2.89. The molecule has 0 bridgehead atoms. The highest BCUT2D eigenvalue weighted by molar-refractivity contribution is 7.98. The number of guanidine groups is 1. The van der Waals surface area contributed by atoms with Gasteiger partial charge in [-0.15, -0.1) is 0 Å². The molecule has 0 aromatic heterocycles. The number of anilines is 1. The minimum Gasteiger partial charge on any atom is -0.444 e. The molecule has 0 heterocycles. The highest BCUT2D eigenvalue weighted by atomic mass is 32.2. The van der Waals surface area contributed by atoms with E-state index in [0.29, 0.717) is 0 Å². The number of rotatable bonds is 10. The molecule has 0 fully saturated rings. The Morgan fingerprint density at radius 2 is 1.86 bits per heavy atom. The van der Waals surface area contributed by atoms with Crippen LogP contribution >= 0.6 is 11.8 Å². The lowest BCUT2D eigenvalue weighted by Crippen LogP contribution is -2.38.